The Morgan fingerprint density at radius 1 is 1.24 bits per heavy atom. The zero-order chi connectivity index (χ0) is 23.4. The Kier molecular flexibility index (Phi) is 7.37. The van der Waals surface area contributed by atoms with Crippen LogP contribution in [0.1, 0.15) is 24.0 Å². The summed E-state index contributed by atoms with van der Waals surface area (Å²) in [5.41, 5.74) is 2.46. The second-order valence-corrected chi connectivity index (χ2v) is 9.86. The van der Waals surface area contributed by atoms with E-state index in [4.69, 9.17) is 0 Å². The summed E-state index contributed by atoms with van der Waals surface area (Å²) in [7, 11) is 1.89. The summed E-state index contributed by atoms with van der Waals surface area (Å²) in [5.74, 6) is 0.817. The number of piperidine rings is 1. The van der Waals surface area contributed by atoms with Crippen molar-refractivity contribution < 1.29 is 14.4 Å². The molecular formula is C24H31N5O3S. The summed E-state index contributed by atoms with van der Waals surface area (Å²) in [6.45, 7) is 3.61. The first kappa shape index (κ1) is 23.4. The van der Waals surface area contributed by atoms with Crippen LogP contribution in [0.5, 0.6) is 0 Å². The number of aromatic nitrogens is 2. The van der Waals surface area contributed by atoms with E-state index in [0.717, 1.165) is 19.3 Å². The Bertz CT molecular complexity index is 988. The molecule has 2 fully saturated rings. The van der Waals surface area contributed by atoms with Crippen molar-refractivity contribution in [2.24, 2.45) is 5.92 Å². The Labute approximate surface area is 198 Å². The van der Waals surface area contributed by atoms with Gasteiger partial charge >= 0.3 is 0 Å². The maximum atomic E-state index is 13.1. The second kappa shape index (κ2) is 10.4. The number of rotatable bonds is 7. The van der Waals surface area contributed by atoms with E-state index < -0.39 is 6.04 Å². The summed E-state index contributed by atoms with van der Waals surface area (Å²) in [6.07, 6.45) is 5.91. The van der Waals surface area contributed by atoms with Gasteiger partial charge in [0.25, 0.3) is 5.24 Å². The summed E-state index contributed by atoms with van der Waals surface area (Å²) >= 11 is 1.17. The third kappa shape index (κ3) is 5.58. The highest BCUT2D eigenvalue weighted by molar-refractivity contribution is 8.14. The number of nitrogens with zero attached hydrogens (tertiary/aromatic N) is 4. The fourth-order valence-corrected chi connectivity index (χ4v) is 5.53. The molecule has 0 spiro atoms. The molecule has 1 aromatic heterocycles. The number of hydrogen-bond donors (Lipinski definition) is 1. The summed E-state index contributed by atoms with van der Waals surface area (Å²) in [6, 6.07) is 9.74. The van der Waals surface area contributed by atoms with Gasteiger partial charge in [-0.3, -0.25) is 19.1 Å². The lowest BCUT2D eigenvalue weighted by atomic mass is 9.84. The van der Waals surface area contributed by atoms with Crippen molar-refractivity contribution in [2.75, 3.05) is 25.9 Å². The lowest BCUT2D eigenvalue weighted by Gasteiger charge is -2.40. The zero-order valence-electron chi connectivity index (χ0n) is 19.1. The molecule has 0 aliphatic carbocycles. The van der Waals surface area contributed by atoms with Gasteiger partial charge in [-0.1, -0.05) is 36.0 Å². The van der Waals surface area contributed by atoms with Gasteiger partial charge in [0.2, 0.25) is 11.8 Å². The van der Waals surface area contributed by atoms with Crippen LogP contribution in [0.15, 0.2) is 42.7 Å². The number of amides is 3. The van der Waals surface area contributed by atoms with Crippen LogP contribution in [-0.4, -0.2) is 74.6 Å². The number of hydrogen-bond acceptors (Lipinski definition) is 5. The van der Waals surface area contributed by atoms with Gasteiger partial charge in [0.05, 0.1) is 0 Å². The van der Waals surface area contributed by atoms with Crippen LogP contribution in [0.25, 0.3) is 0 Å². The number of carbonyl (C=O) groups excluding carboxylic acids is 3. The molecule has 2 atom stereocenters. The topological polar surface area (TPSA) is 87.5 Å². The molecule has 176 valence electrons. The average Bonchev–Trinajstić information content (AvgIpc) is 3.49. The standard InChI is InChI=1S/C24H31N5O3S/c1-17-6-3-4-7-19(17)14-21(27(2)22(30)15-29-11-5-10-25-29)18-8-12-28(13-9-18)23(31)20-16-33-24(32)26-20/h3-7,10-11,18,20-21H,8-9,12-16H2,1-2H3,(H,26,32)/t20-,21?/m0/s1. The van der Waals surface area contributed by atoms with Crippen molar-refractivity contribution in [3.63, 3.8) is 0 Å². The molecule has 33 heavy (non-hydrogen) atoms. The molecule has 2 aliphatic heterocycles. The number of nitrogens with one attached hydrogen (secondary N) is 1. The van der Waals surface area contributed by atoms with Gasteiger partial charge in [-0.05, 0) is 49.3 Å². The van der Waals surface area contributed by atoms with E-state index in [1.54, 1.807) is 17.1 Å². The van der Waals surface area contributed by atoms with Crippen molar-refractivity contribution >= 4 is 28.8 Å². The smallest absolute Gasteiger partial charge is 0.279 e. The number of carbonyl (C=O) groups is 3. The van der Waals surface area contributed by atoms with E-state index in [2.05, 4.69) is 29.5 Å². The number of likely N-dealkylation sites (tertiary alicyclic amines) is 1. The van der Waals surface area contributed by atoms with Crippen LogP contribution in [0.2, 0.25) is 0 Å². The molecule has 1 aromatic carbocycles. The van der Waals surface area contributed by atoms with Crippen LogP contribution < -0.4 is 5.32 Å². The highest BCUT2D eigenvalue weighted by atomic mass is 32.2. The Morgan fingerprint density at radius 2 is 2.00 bits per heavy atom. The molecule has 3 heterocycles. The third-order valence-electron chi connectivity index (χ3n) is 6.80. The van der Waals surface area contributed by atoms with E-state index in [-0.39, 0.29) is 35.6 Å². The van der Waals surface area contributed by atoms with Crippen molar-refractivity contribution in [3.8, 4) is 0 Å². The van der Waals surface area contributed by atoms with E-state index in [1.807, 2.05) is 35.0 Å². The van der Waals surface area contributed by atoms with Crippen molar-refractivity contribution in [1.82, 2.24) is 24.9 Å². The predicted octanol–water partition coefficient (Wildman–Crippen LogP) is 2.32. The van der Waals surface area contributed by atoms with Crippen LogP contribution in [0.3, 0.4) is 0 Å². The first-order chi connectivity index (χ1) is 15.9. The largest absolute Gasteiger partial charge is 0.341 e. The number of likely N-dealkylation sites (N-methyl/N-ethyl adjacent to an activating group) is 1. The molecule has 2 aromatic rings. The monoisotopic (exact) mass is 469 g/mol. The fourth-order valence-electron chi connectivity index (χ4n) is 4.76. The van der Waals surface area contributed by atoms with Gasteiger partial charge in [0.15, 0.2) is 0 Å². The molecule has 0 saturated carbocycles. The van der Waals surface area contributed by atoms with Gasteiger partial charge in [-0.25, -0.2) is 0 Å². The minimum atomic E-state index is -0.417. The highest BCUT2D eigenvalue weighted by Gasteiger charge is 2.36. The molecule has 2 aliphatic rings. The molecule has 2 saturated heterocycles. The third-order valence-corrected chi connectivity index (χ3v) is 7.68. The average molecular weight is 470 g/mol. The minimum Gasteiger partial charge on any atom is -0.341 e. The van der Waals surface area contributed by atoms with E-state index in [9.17, 15) is 14.4 Å². The maximum absolute atomic E-state index is 13.1. The Balaban J connectivity index is 1.45. The van der Waals surface area contributed by atoms with E-state index in [0.29, 0.717) is 18.8 Å². The van der Waals surface area contributed by atoms with Crippen molar-refractivity contribution in [2.45, 2.75) is 44.8 Å². The first-order valence-electron chi connectivity index (χ1n) is 11.4. The van der Waals surface area contributed by atoms with Crippen LogP contribution >= 0.6 is 11.8 Å². The lowest BCUT2D eigenvalue weighted by molar-refractivity contribution is -0.137. The van der Waals surface area contributed by atoms with Gasteiger partial charge in [0.1, 0.15) is 12.6 Å². The molecule has 9 heteroatoms. The first-order valence-corrected chi connectivity index (χ1v) is 12.4. The Hall–Kier alpha value is -2.81. The molecule has 3 amide bonds. The van der Waals surface area contributed by atoms with Crippen LogP contribution in [0.4, 0.5) is 4.79 Å². The molecule has 8 nitrogen and oxygen atoms in total. The SMILES string of the molecule is Cc1ccccc1CC(C1CCN(C(=O)[C@@H]2CSC(=O)N2)CC1)N(C)C(=O)Cn1cccn1. The fraction of sp³-hybridized carbons (Fsp3) is 0.500. The van der Waals surface area contributed by atoms with E-state index in [1.165, 1.54) is 22.9 Å². The molecule has 1 unspecified atom stereocenters. The summed E-state index contributed by atoms with van der Waals surface area (Å²) < 4.78 is 1.65. The second-order valence-electron chi connectivity index (χ2n) is 8.86. The number of aryl methyl sites for hydroxylation is 1. The highest BCUT2D eigenvalue weighted by Crippen LogP contribution is 2.28. The molecule has 1 N–H and O–H groups in total. The van der Waals surface area contributed by atoms with Crippen molar-refractivity contribution in [1.29, 1.82) is 0 Å². The van der Waals surface area contributed by atoms with Crippen LogP contribution in [-0.2, 0) is 22.6 Å². The zero-order valence-corrected chi connectivity index (χ0v) is 20.0. The predicted molar refractivity (Wildman–Crippen MR) is 128 cm³/mol. The van der Waals surface area contributed by atoms with Crippen LogP contribution in [0, 0.1) is 12.8 Å². The minimum absolute atomic E-state index is 0.00497. The number of thioether (sulfide) groups is 1. The number of benzene rings is 1. The normalized spacial score (nSPS) is 19.9. The molecule has 0 bridgehead atoms. The summed E-state index contributed by atoms with van der Waals surface area (Å²) in [5, 5.41) is 6.80. The van der Waals surface area contributed by atoms with Gasteiger partial charge in [-0.2, -0.15) is 5.10 Å². The van der Waals surface area contributed by atoms with Gasteiger partial charge < -0.3 is 15.1 Å². The molecule has 0 radical (unpaired) electrons. The molecular weight excluding hydrogens is 438 g/mol. The molecule has 4 rings (SSSR count). The summed E-state index contributed by atoms with van der Waals surface area (Å²) in [4.78, 5) is 41.1. The van der Waals surface area contributed by atoms with Gasteiger partial charge in [-0.15, -0.1) is 0 Å². The van der Waals surface area contributed by atoms with Crippen molar-refractivity contribution in [3.05, 3.63) is 53.9 Å². The Morgan fingerprint density at radius 3 is 2.64 bits per heavy atom. The van der Waals surface area contributed by atoms with E-state index >= 15 is 0 Å². The lowest BCUT2D eigenvalue weighted by Crippen LogP contribution is -2.52. The quantitative estimate of drug-likeness (QED) is 0.673. The maximum Gasteiger partial charge on any atom is 0.279 e. The van der Waals surface area contributed by atoms with Gasteiger partial charge in [0, 0.05) is 44.3 Å².